The van der Waals surface area contributed by atoms with Gasteiger partial charge in [0.25, 0.3) is 5.91 Å². The van der Waals surface area contributed by atoms with E-state index >= 15 is 0 Å². The average Bonchev–Trinajstić information content (AvgIpc) is 3.12. The molecule has 0 N–H and O–H groups in total. The lowest BCUT2D eigenvalue weighted by atomic mass is 10.1. The molecular formula is C23H20N2O2. The van der Waals surface area contributed by atoms with Crippen molar-refractivity contribution in [3.8, 4) is 0 Å². The molecule has 1 atom stereocenters. The molecule has 0 aromatic heterocycles. The highest BCUT2D eigenvalue weighted by Crippen LogP contribution is 2.32. The van der Waals surface area contributed by atoms with Crippen molar-refractivity contribution in [1.29, 1.82) is 0 Å². The molecule has 0 saturated carbocycles. The minimum Gasteiger partial charge on any atom is -0.300 e. The second-order valence-electron chi connectivity index (χ2n) is 6.50. The predicted octanol–water partition coefficient (Wildman–Crippen LogP) is 4.55. The van der Waals surface area contributed by atoms with Crippen LogP contribution in [0.15, 0.2) is 91.0 Å². The van der Waals surface area contributed by atoms with Gasteiger partial charge in [0.2, 0.25) is 5.91 Å². The molecule has 4 nitrogen and oxygen atoms in total. The van der Waals surface area contributed by atoms with Crippen LogP contribution in [-0.2, 0) is 9.59 Å². The number of amides is 2. The zero-order chi connectivity index (χ0) is 18.6. The molecule has 3 aromatic rings. The van der Waals surface area contributed by atoms with Gasteiger partial charge in [-0.1, -0.05) is 54.6 Å². The number of hydrogen-bond acceptors (Lipinski definition) is 2. The van der Waals surface area contributed by atoms with E-state index in [4.69, 9.17) is 0 Å². The molecule has 2 amide bonds. The fraction of sp³-hybridized carbons (Fsp3) is 0.130. The maximum absolute atomic E-state index is 13.6. The van der Waals surface area contributed by atoms with Gasteiger partial charge in [0.1, 0.15) is 6.04 Å². The molecular weight excluding hydrogens is 336 g/mol. The Balaban J connectivity index is 1.74. The van der Waals surface area contributed by atoms with E-state index in [9.17, 15) is 9.59 Å². The minimum absolute atomic E-state index is 0.0133. The van der Waals surface area contributed by atoms with Gasteiger partial charge in [-0.15, -0.1) is 0 Å². The Kier molecular flexibility index (Phi) is 4.71. The van der Waals surface area contributed by atoms with Gasteiger partial charge < -0.3 is 0 Å². The number of benzene rings is 3. The number of anilines is 3. The second kappa shape index (κ2) is 7.46. The summed E-state index contributed by atoms with van der Waals surface area (Å²) < 4.78 is 0. The Morgan fingerprint density at radius 2 is 1.26 bits per heavy atom. The number of hydrogen-bond donors (Lipinski definition) is 0. The molecule has 0 radical (unpaired) electrons. The van der Waals surface area contributed by atoms with Gasteiger partial charge in [-0.05, 0) is 42.8 Å². The third-order valence-electron chi connectivity index (χ3n) is 4.78. The fourth-order valence-electron chi connectivity index (χ4n) is 3.54. The van der Waals surface area contributed by atoms with Crippen LogP contribution in [0.25, 0.3) is 0 Å². The Morgan fingerprint density at radius 3 is 1.78 bits per heavy atom. The largest absolute Gasteiger partial charge is 0.300 e. The molecule has 27 heavy (non-hydrogen) atoms. The van der Waals surface area contributed by atoms with E-state index in [2.05, 4.69) is 0 Å². The summed E-state index contributed by atoms with van der Waals surface area (Å²) in [5.41, 5.74) is 2.35. The SMILES string of the molecule is O=C([C@@H]1CCC(=O)N1c1ccccc1)N(c1ccccc1)c1ccccc1. The maximum Gasteiger partial charge on any atom is 0.254 e. The van der Waals surface area contributed by atoms with Gasteiger partial charge in [0.15, 0.2) is 0 Å². The van der Waals surface area contributed by atoms with Crippen LogP contribution >= 0.6 is 0 Å². The van der Waals surface area contributed by atoms with E-state index in [1.807, 2.05) is 91.0 Å². The summed E-state index contributed by atoms with van der Waals surface area (Å²) in [6.45, 7) is 0. The van der Waals surface area contributed by atoms with Crippen molar-refractivity contribution >= 4 is 28.9 Å². The molecule has 0 unspecified atom stereocenters. The first-order chi connectivity index (χ1) is 13.3. The lowest BCUT2D eigenvalue weighted by molar-refractivity contribution is -0.121. The summed E-state index contributed by atoms with van der Waals surface area (Å²) in [6.07, 6.45) is 0.894. The molecule has 3 aromatic carbocycles. The number of carbonyl (C=O) groups excluding carboxylic acids is 2. The van der Waals surface area contributed by atoms with E-state index in [1.54, 1.807) is 9.80 Å². The van der Waals surface area contributed by atoms with E-state index in [-0.39, 0.29) is 11.8 Å². The molecule has 0 spiro atoms. The molecule has 4 rings (SSSR count). The summed E-state index contributed by atoms with van der Waals surface area (Å²) in [7, 11) is 0. The van der Waals surface area contributed by atoms with Crippen molar-refractivity contribution in [2.45, 2.75) is 18.9 Å². The van der Waals surface area contributed by atoms with Gasteiger partial charge >= 0.3 is 0 Å². The highest BCUT2D eigenvalue weighted by Gasteiger charge is 2.39. The normalized spacial score (nSPS) is 16.4. The highest BCUT2D eigenvalue weighted by atomic mass is 16.2. The van der Waals surface area contributed by atoms with Crippen molar-refractivity contribution in [2.24, 2.45) is 0 Å². The van der Waals surface area contributed by atoms with Crippen LogP contribution in [0.2, 0.25) is 0 Å². The van der Waals surface area contributed by atoms with Crippen molar-refractivity contribution in [3.63, 3.8) is 0 Å². The first-order valence-electron chi connectivity index (χ1n) is 9.07. The van der Waals surface area contributed by atoms with Gasteiger partial charge in [-0.2, -0.15) is 0 Å². The zero-order valence-electron chi connectivity index (χ0n) is 14.9. The number of para-hydroxylation sites is 3. The molecule has 134 valence electrons. The Bertz CT molecular complexity index is 887. The second-order valence-corrected chi connectivity index (χ2v) is 6.50. The number of carbonyl (C=O) groups is 2. The van der Waals surface area contributed by atoms with E-state index < -0.39 is 6.04 Å². The Labute approximate surface area is 158 Å². The Morgan fingerprint density at radius 1 is 0.778 bits per heavy atom. The van der Waals surface area contributed by atoms with Gasteiger partial charge in [-0.25, -0.2) is 0 Å². The lowest BCUT2D eigenvalue weighted by Crippen LogP contribution is -2.45. The fourth-order valence-corrected chi connectivity index (χ4v) is 3.54. The summed E-state index contributed by atoms with van der Waals surface area (Å²) in [5, 5.41) is 0. The number of rotatable bonds is 4. The predicted molar refractivity (Wildman–Crippen MR) is 107 cm³/mol. The van der Waals surface area contributed by atoms with Gasteiger partial charge in [0, 0.05) is 23.5 Å². The topological polar surface area (TPSA) is 40.6 Å². The van der Waals surface area contributed by atoms with Crippen LogP contribution in [0.3, 0.4) is 0 Å². The van der Waals surface area contributed by atoms with Crippen LogP contribution in [0.5, 0.6) is 0 Å². The third-order valence-corrected chi connectivity index (χ3v) is 4.78. The first-order valence-corrected chi connectivity index (χ1v) is 9.07. The van der Waals surface area contributed by atoms with E-state index in [0.717, 1.165) is 17.1 Å². The van der Waals surface area contributed by atoms with Crippen LogP contribution in [0.1, 0.15) is 12.8 Å². The molecule has 1 aliphatic heterocycles. The van der Waals surface area contributed by atoms with Crippen molar-refractivity contribution in [3.05, 3.63) is 91.0 Å². The quantitative estimate of drug-likeness (QED) is 0.688. The van der Waals surface area contributed by atoms with E-state index in [0.29, 0.717) is 12.8 Å². The standard InChI is InChI=1S/C23H20N2O2/c26-22-17-16-21(25(22)20-14-8-3-9-15-20)23(27)24(18-10-4-1-5-11-18)19-12-6-2-7-13-19/h1-15,21H,16-17H2/t21-/m0/s1. The first kappa shape index (κ1) is 17.0. The molecule has 1 saturated heterocycles. The van der Waals surface area contributed by atoms with Crippen LogP contribution in [-0.4, -0.2) is 17.9 Å². The third kappa shape index (κ3) is 3.34. The van der Waals surface area contributed by atoms with Crippen molar-refractivity contribution < 1.29 is 9.59 Å². The average molecular weight is 356 g/mol. The summed E-state index contributed by atoms with van der Waals surface area (Å²) in [5.74, 6) is -0.109. The summed E-state index contributed by atoms with van der Waals surface area (Å²) in [6, 6.07) is 28.0. The monoisotopic (exact) mass is 356 g/mol. The highest BCUT2D eigenvalue weighted by molar-refractivity contribution is 6.11. The van der Waals surface area contributed by atoms with Gasteiger partial charge in [0.05, 0.1) is 0 Å². The zero-order valence-corrected chi connectivity index (χ0v) is 14.9. The number of nitrogens with zero attached hydrogens (tertiary/aromatic N) is 2. The van der Waals surface area contributed by atoms with Gasteiger partial charge in [-0.3, -0.25) is 19.4 Å². The maximum atomic E-state index is 13.6. The van der Waals surface area contributed by atoms with Crippen molar-refractivity contribution in [1.82, 2.24) is 0 Å². The smallest absolute Gasteiger partial charge is 0.254 e. The van der Waals surface area contributed by atoms with E-state index in [1.165, 1.54) is 0 Å². The van der Waals surface area contributed by atoms with Crippen LogP contribution in [0.4, 0.5) is 17.1 Å². The minimum atomic E-state index is -0.514. The molecule has 1 fully saturated rings. The lowest BCUT2D eigenvalue weighted by Gasteiger charge is -2.30. The van der Waals surface area contributed by atoms with Crippen molar-refractivity contribution in [2.75, 3.05) is 9.80 Å². The molecule has 0 aliphatic carbocycles. The molecule has 0 bridgehead atoms. The van der Waals surface area contributed by atoms with Crippen LogP contribution in [0, 0.1) is 0 Å². The molecule has 4 heteroatoms. The summed E-state index contributed by atoms with van der Waals surface area (Å²) >= 11 is 0. The summed E-state index contributed by atoms with van der Waals surface area (Å²) in [4.78, 5) is 29.5. The molecule has 1 heterocycles. The van der Waals surface area contributed by atoms with Crippen LogP contribution < -0.4 is 9.80 Å². The Hall–Kier alpha value is -3.40. The molecule has 1 aliphatic rings.